The second-order valence-electron chi connectivity index (χ2n) is 6.62. The molecule has 1 atom stereocenters. The zero-order chi connectivity index (χ0) is 19.2. The summed E-state index contributed by atoms with van der Waals surface area (Å²) in [4.78, 5) is 26.8. The molecule has 27 heavy (non-hydrogen) atoms. The number of aromatic nitrogens is 4. The molecule has 4 rings (SSSR count). The number of hydrogen-bond donors (Lipinski definition) is 1. The molecular weight excluding hydrogens is 348 g/mol. The van der Waals surface area contributed by atoms with Crippen LogP contribution in [-0.4, -0.2) is 37.0 Å². The molecule has 9 nitrogen and oxygen atoms in total. The van der Waals surface area contributed by atoms with Gasteiger partial charge in [-0.2, -0.15) is 4.68 Å². The zero-order valence-corrected chi connectivity index (χ0v) is 15.1. The van der Waals surface area contributed by atoms with Crippen LogP contribution in [0.1, 0.15) is 29.8 Å². The Bertz CT molecular complexity index is 1020. The molecule has 0 bridgehead atoms. The largest absolute Gasteiger partial charge is 0.466 e. The SMILES string of the molecule is Cc1cc(C2(C)NC(=O)N(Cc3nnnn3-c3ccccc3)C2=O)c(C)o1. The number of tetrazole rings is 1. The van der Waals surface area contributed by atoms with Gasteiger partial charge in [-0.25, -0.2) is 4.79 Å². The number of furan rings is 1. The molecule has 1 aliphatic rings. The Morgan fingerprint density at radius 1 is 1.19 bits per heavy atom. The molecule has 9 heteroatoms. The average molecular weight is 366 g/mol. The lowest BCUT2D eigenvalue weighted by atomic mass is 9.92. The van der Waals surface area contributed by atoms with Gasteiger partial charge in [0, 0.05) is 5.56 Å². The summed E-state index contributed by atoms with van der Waals surface area (Å²) >= 11 is 0. The summed E-state index contributed by atoms with van der Waals surface area (Å²) < 4.78 is 7.04. The third-order valence-electron chi connectivity index (χ3n) is 4.69. The molecule has 0 radical (unpaired) electrons. The minimum absolute atomic E-state index is 0.0436. The van der Waals surface area contributed by atoms with E-state index in [0.29, 0.717) is 22.9 Å². The number of carbonyl (C=O) groups excluding carboxylic acids is 2. The molecule has 3 aromatic rings. The maximum absolute atomic E-state index is 13.1. The normalized spacial score (nSPS) is 19.6. The van der Waals surface area contributed by atoms with E-state index in [4.69, 9.17) is 4.42 Å². The Balaban J connectivity index is 1.65. The molecule has 2 aromatic heterocycles. The lowest BCUT2D eigenvalue weighted by molar-refractivity contribution is -0.131. The lowest BCUT2D eigenvalue weighted by Crippen LogP contribution is -2.41. The Labute approximate surface area is 155 Å². The van der Waals surface area contributed by atoms with Gasteiger partial charge in [0.15, 0.2) is 5.82 Å². The van der Waals surface area contributed by atoms with E-state index in [-0.39, 0.29) is 12.5 Å². The van der Waals surface area contributed by atoms with Gasteiger partial charge in [-0.3, -0.25) is 9.69 Å². The Kier molecular flexibility index (Phi) is 3.79. The quantitative estimate of drug-likeness (QED) is 0.706. The van der Waals surface area contributed by atoms with Gasteiger partial charge in [0.25, 0.3) is 5.91 Å². The number of carbonyl (C=O) groups is 2. The maximum atomic E-state index is 13.1. The van der Waals surface area contributed by atoms with E-state index in [0.717, 1.165) is 10.6 Å². The molecule has 1 aromatic carbocycles. The van der Waals surface area contributed by atoms with E-state index in [1.807, 2.05) is 30.3 Å². The van der Waals surface area contributed by atoms with Gasteiger partial charge < -0.3 is 9.73 Å². The second kappa shape index (κ2) is 6.04. The summed E-state index contributed by atoms with van der Waals surface area (Å²) in [5.41, 5.74) is 0.196. The van der Waals surface area contributed by atoms with Crippen LogP contribution in [0.3, 0.4) is 0 Å². The lowest BCUT2D eigenvalue weighted by Gasteiger charge is -2.21. The van der Waals surface area contributed by atoms with E-state index in [1.54, 1.807) is 26.8 Å². The van der Waals surface area contributed by atoms with E-state index >= 15 is 0 Å². The first kappa shape index (κ1) is 17.0. The van der Waals surface area contributed by atoms with Crippen molar-refractivity contribution >= 4 is 11.9 Å². The third kappa shape index (κ3) is 2.67. The topological polar surface area (TPSA) is 106 Å². The van der Waals surface area contributed by atoms with Gasteiger partial charge in [-0.05, 0) is 49.4 Å². The summed E-state index contributed by atoms with van der Waals surface area (Å²) in [6.45, 7) is 5.20. The van der Waals surface area contributed by atoms with Crippen molar-refractivity contribution in [3.05, 3.63) is 59.3 Å². The fourth-order valence-electron chi connectivity index (χ4n) is 3.37. The van der Waals surface area contributed by atoms with Crippen LogP contribution in [0.4, 0.5) is 4.79 Å². The minimum atomic E-state index is -1.19. The van der Waals surface area contributed by atoms with Crippen molar-refractivity contribution in [3.63, 3.8) is 0 Å². The van der Waals surface area contributed by atoms with Crippen molar-refractivity contribution in [2.75, 3.05) is 0 Å². The predicted molar refractivity (Wildman–Crippen MR) is 93.8 cm³/mol. The number of hydrogen-bond acceptors (Lipinski definition) is 6. The molecule has 0 spiro atoms. The summed E-state index contributed by atoms with van der Waals surface area (Å²) in [6.07, 6.45) is 0. The fraction of sp³-hybridized carbons (Fsp3) is 0.278. The molecule has 3 heterocycles. The molecule has 0 saturated carbocycles. The Hall–Kier alpha value is -3.49. The van der Waals surface area contributed by atoms with Crippen molar-refractivity contribution < 1.29 is 14.0 Å². The van der Waals surface area contributed by atoms with Crippen molar-refractivity contribution in [1.29, 1.82) is 0 Å². The van der Waals surface area contributed by atoms with Crippen molar-refractivity contribution in [2.45, 2.75) is 32.9 Å². The predicted octanol–water partition coefficient (Wildman–Crippen LogP) is 1.84. The molecule has 1 N–H and O–H groups in total. The standard InChI is InChI=1S/C18H18N6O3/c1-11-9-14(12(2)27-11)18(3)16(25)23(17(26)19-18)10-15-20-21-22-24(15)13-7-5-4-6-8-13/h4-9H,10H2,1-3H3,(H,19,26). The van der Waals surface area contributed by atoms with Gasteiger partial charge in [0.1, 0.15) is 17.1 Å². The average Bonchev–Trinajstić information content (AvgIpc) is 3.30. The maximum Gasteiger partial charge on any atom is 0.325 e. The van der Waals surface area contributed by atoms with Crippen LogP contribution >= 0.6 is 0 Å². The van der Waals surface area contributed by atoms with Crippen LogP contribution in [0.15, 0.2) is 40.8 Å². The van der Waals surface area contributed by atoms with Crippen LogP contribution in [0.2, 0.25) is 0 Å². The first-order valence-corrected chi connectivity index (χ1v) is 8.44. The highest BCUT2D eigenvalue weighted by molar-refractivity contribution is 6.07. The monoisotopic (exact) mass is 366 g/mol. The molecule has 1 unspecified atom stereocenters. The van der Waals surface area contributed by atoms with Crippen molar-refractivity contribution in [2.24, 2.45) is 0 Å². The summed E-state index contributed by atoms with van der Waals surface area (Å²) in [5, 5.41) is 14.4. The molecular formula is C18H18N6O3. The first-order chi connectivity index (χ1) is 12.9. The number of benzene rings is 1. The number of nitrogens with zero attached hydrogens (tertiary/aromatic N) is 5. The molecule has 138 valence electrons. The Morgan fingerprint density at radius 3 is 2.59 bits per heavy atom. The van der Waals surface area contributed by atoms with E-state index < -0.39 is 11.6 Å². The number of imide groups is 1. The van der Waals surface area contributed by atoms with Gasteiger partial charge in [0.05, 0.1) is 12.2 Å². The first-order valence-electron chi connectivity index (χ1n) is 8.44. The highest BCUT2D eigenvalue weighted by Crippen LogP contribution is 2.33. The number of nitrogens with one attached hydrogen (secondary N) is 1. The van der Waals surface area contributed by atoms with Gasteiger partial charge in [-0.1, -0.05) is 18.2 Å². The summed E-state index contributed by atoms with van der Waals surface area (Å²) in [6, 6.07) is 10.5. The van der Waals surface area contributed by atoms with E-state index in [1.165, 1.54) is 4.68 Å². The molecule has 1 fully saturated rings. The van der Waals surface area contributed by atoms with Crippen molar-refractivity contribution in [3.8, 4) is 5.69 Å². The summed E-state index contributed by atoms with van der Waals surface area (Å²) in [7, 11) is 0. The van der Waals surface area contributed by atoms with Crippen LogP contribution in [-0.2, 0) is 16.9 Å². The second-order valence-corrected chi connectivity index (χ2v) is 6.62. The van der Waals surface area contributed by atoms with Gasteiger partial charge in [0.2, 0.25) is 0 Å². The number of rotatable bonds is 4. The highest BCUT2D eigenvalue weighted by Gasteiger charge is 2.50. The summed E-state index contributed by atoms with van der Waals surface area (Å²) in [5.74, 6) is 1.28. The zero-order valence-electron chi connectivity index (χ0n) is 15.1. The van der Waals surface area contributed by atoms with Gasteiger partial charge >= 0.3 is 6.03 Å². The minimum Gasteiger partial charge on any atom is -0.466 e. The number of amides is 3. The van der Waals surface area contributed by atoms with Crippen molar-refractivity contribution in [1.82, 2.24) is 30.4 Å². The number of para-hydroxylation sites is 1. The van der Waals surface area contributed by atoms with Crippen LogP contribution in [0.25, 0.3) is 5.69 Å². The molecule has 1 saturated heterocycles. The van der Waals surface area contributed by atoms with E-state index in [9.17, 15) is 9.59 Å². The molecule has 1 aliphatic heterocycles. The number of urea groups is 1. The molecule has 3 amide bonds. The van der Waals surface area contributed by atoms with E-state index in [2.05, 4.69) is 20.8 Å². The van der Waals surface area contributed by atoms with Gasteiger partial charge in [-0.15, -0.1) is 5.10 Å². The third-order valence-corrected chi connectivity index (χ3v) is 4.69. The molecule has 0 aliphatic carbocycles. The van der Waals surface area contributed by atoms with Crippen LogP contribution < -0.4 is 5.32 Å². The smallest absolute Gasteiger partial charge is 0.325 e. The fourth-order valence-corrected chi connectivity index (χ4v) is 3.37. The Morgan fingerprint density at radius 2 is 1.93 bits per heavy atom. The van der Waals surface area contributed by atoms with Crippen LogP contribution in [0.5, 0.6) is 0 Å². The number of aryl methyl sites for hydroxylation is 2. The highest BCUT2D eigenvalue weighted by atomic mass is 16.3. The van der Waals surface area contributed by atoms with Crippen LogP contribution in [0, 0.1) is 13.8 Å².